The number of rotatable bonds is 5. The molecule has 0 heterocycles. The Morgan fingerprint density at radius 1 is 1.03 bits per heavy atom. The molecule has 3 fully saturated rings. The minimum atomic E-state index is -0.682. The van der Waals surface area contributed by atoms with E-state index in [0.717, 1.165) is 43.4 Å². The number of carbonyl (C=O) groups excluding carboxylic acids is 2. The van der Waals surface area contributed by atoms with E-state index in [2.05, 4.69) is 19.2 Å². The summed E-state index contributed by atoms with van der Waals surface area (Å²) >= 11 is 0. The lowest BCUT2D eigenvalue weighted by molar-refractivity contribution is -0.128. The summed E-state index contributed by atoms with van der Waals surface area (Å²) in [5.74, 6) is 2.90. The highest BCUT2D eigenvalue weighted by atomic mass is 16.3. The van der Waals surface area contributed by atoms with Gasteiger partial charge in [-0.15, -0.1) is 0 Å². The number of hydrogen-bond acceptors (Lipinski definition) is 6. The monoisotopic (exact) mass is 525 g/mol. The summed E-state index contributed by atoms with van der Waals surface area (Å²) in [6.07, 6.45) is 10.3. The number of fused-ring (bicyclic) bond motifs is 5. The number of allylic oxidation sites excluding steroid dienone is 1. The summed E-state index contributed by atoms with van der Waals surface area (Å²) in [7, 11) is 0. The van der Waals surface area contributed by atoms with Crippen LogP contribution in [0.15, 0.2) is 29.8 Å². The van der Waals surface area contributed by atoms with E-state index in [-0.39, 0.29) is 22.3 Å². The van der Waals surface area contributed by atoms with Crippen molar-refractivity contribution in [2.24, 2.45) is 34.5 Å². The maximum absolute atomic E-state index is 12.1. The fraction of sp³-hybridized carbons (Fsp3) is 0.688. The van der Waals surface area contributed by atoms with Crippen molar-refractivity contribution in [3.8, 4) is 11.5 Å². The summed E-state index contributed by atoms with van der Waals surface area (Å²) in [5.41, 5.74) is 2.53. The van der Waals surface area contributed by atoms with Crippen molar-refractivity contribution in [2.45, 2.75) is 98.1 Å². The number of hydrogen-bond donors (Lipinski definition) is 4. The summed E-state index contributed by atoms with van der Waals surface area (Å²) in [5, 5.41) is 31.2. The van der Waals surface area contributed by atoms with Crippen LogP contribution in [-0.2, 0) is 9.59 Å². The number of aromatic hydroxyl groups is 2. The molecule has 3 saturated carbocycles. The first-order chi connectivity index (χ1) is 17.9. The topological polar surface area (TPSA) is 107 Å². The van der Waals surface area contributed by atoms with Gasteiger partial charge in [-0.2, -0.15) is 0 Å². The summed E-state index contributed by atoms with van der Waals surface area (Å²) in [6, 6.07) is 4.61. The van der Waals surface area contributed by atoms with Gasteiger partial charge < -0.3 is 20.6 Å². The Balaban J connectivity index is 0.000000196. The second-order valence-electron chi connectivity index (χ2n) is 13.1. The van der Waals surface area contributed by atoms with Crippen molar-refractivity contribution in [3.05, 3.63) is 35.4 Å². The van der Waals surface area contributed by atoms with E-state index in [1.165, 1.54) is 43.4 Å². The fourth-order valence-electron chi connectivity index (χ4n) is 8.44. The van der Waals surface area contributed by atoms with Gasteiger partial charge in [0, 0.05) is 24.9 Å². The van der Waals surface area contributed by atoms with Gasteiger partial charge in [-0.05, 0) is 104 Å². The van der Waals surface area contributed by atoms with Gasteiger partial charge in [0.25, 0.3) is 0 Å². The van der Waals surface area contributed by atoms with E-state index in [1.807, 2.05) is 19.9 Å². The average molecular weight is 526 g/mol. The van der Waals surface area contributed by atoms with Crippen LogP contribution < -0.4 is 5.32 Å². The van der Waals surface area contributed by atoms with Crippen LogP contribution in [0.25, 0.3) is 0 Å². The Hall–Kier alpha value is -2.18. The molecule has 4 aliphatic carbocycles. The molecule has 0 bridgehead atoms. The SMILES string of the molecule is CC(=O)[C@H]1CC[C@H]2[C@@H]3CCC4=CC(=O)CC[C@]4(C)[C@H]3CC[C@]12C.CC(C)NCC(O)c1ccc(O)c(O)c1. The lowest BCUT2D eigenvalue weighted by Crippen LogP contribution is -2.51. The Labute approximate surface area is 227 Å². The van der Waals surface area contributed by atoms with Crippen molar-refractivity contribution in [1.29, 1.82) is 0 Å². The van der Waals surface area contributed by atoms with Crippen molar-refractivity contribution < 1.29 is 24.9 Å². The Morgan fingerprint density at radius 3 is 2.42 bits per heavy atom. The summed E-state index contributed by atoms with van der Waals surface area (Å²) in [6.45, 7) is 11.0. The minimum Gasteiger partial charge on any atom is -0.504 e. The molecule has 7 atom stereocenters. The molecule has 0 aromatic heterocycles. The Morgan fingerprint density at radius 2 is 1.76 bits per heavy atom. The number of aliphatic hydroxyl groups is 1. The third-order valence-electron chi connectivity index (χ3n) is 10.6. The molecule has 4 aliphatic rings. The zero-order chi connectivity index (χ0) is 27.8. The predicted molar refractivity (Wildman–Crippen MR) is 149 cm³/mol. The first-order valence-corrected chi connectivity index (χ1v) is 14.5. The van der Waals surface area contributed by atoms with Crippen LogP contribution in [0, 0.1) is 34.5 Å². The Kier molecular flexibility index (Phi) is 8.44. The number of phenolic OH excluding ortho intramolecular Hbond substituents is 2. The third kappa shape index (κ3) is 5.44. The molecule has 1 aromatic rings. The average Bonchev–Trinajstić information content (AvgIpc) is 3.22. The molecular weight excluding hydrogens is 478 g/mol. The van der Waals surface area contributed by atoms with Gasteiger partial charge in [0.1, 0.15) is 5.78 Å². The molecule has 38 heavy (non-hydrogen) atoms. The number of ketones is 2. The van der Waals surface area contributed by atoms with Crippen LogP contribution in [0.1, 0.15) is 97.7 Å². The maximum Gasteiger partial charge on any atom is 0.157 e. The molecule has 1 unspecified atom stereocenters. The Bertz CT molecular complexity index is 1080. The molecule has 0 saturated heterocycles. The fourth-order valence-corrected chi connectivity index (χ4v) is 8.44. The van der Waals surface area contributed by atoms with Crippen molar-refractivity contribution in [3.63, 3.8) is 0 Å². The highest BCUT2D eigenvalue weighted by molar-refractivity contribution is 5.91. The molecule has 5 rings (SSSR count). The molecule has 1 aromatic carbocycles. The van der Waals surface area contributed by atoms with E-state index in [0.29, 0.717) is 35.6 Å². The highest BCUT2D eigenvalue weighted by Crippen LogP contribution is 2.66. The molecule has 0 amide bonds. The van der Waals surface area contributed by atoms with Gasteiger partial charge in [0.05, 0.1) is 6.10 Å². The van der Waals surface area contributed by atoms with Gasteiger partial charge in [0.2, 0.25) is 0 Å². The van der Waals surface area contributed by atoms with Crippen molar-refractivity contribution in [1.82, 2.24) is 5.32 Å². The van der Waals surface area contributed by atoms with Crippen LogP contribution in [-0.4, -0.2) is 39.5 Å². The quantitative estimate of drug-likeness (QED) is 0.359. The largest absolute Gasteiger partial charge is 0.504 e. The van der Waals surface area contributed by atoms with Crippen LogP contribution in [0.2, 0.25) is 0 Å². The van der Waals surface area contributed by atoms with Crippen LogP contribution >= 0.6 is 0 Å². The molecule has 6 nitrogen and oxygen atoms in total. The van der Waals surface area contributed by atoms with Gasteiger partial charge in [-0.3, -0.25) is 9.59 Å². The number of nitrogens with one attached hydrogen (secondary N) is 1. The lowest BCUT2D eigenvalue weighted by Gasteiger charge is -2.58. The number of carbonyl (C=O) groups is 2. The van der Waals surface area contributed by atoms with Crippen LogP contribution in [0.5, 0.6) is 11.5 Å². The zero-order valence-electron chi connectivity index (χ0n) is 23.8. The van der Waals surface area contributed by atoms with Gasteiger partial charge >= 0.3 is 0 Å². The smallest absolute Gasteiger partial charge is 0.157 e. The highest BCUT2D eigenvalue weighted by Gasteiger charge is 2.59. The normalized spacial score (nSPS) is 34.8. The maximum atomic E-state index is 12.1. The molecule has 0 spiro atoms. The van der Waals surface area contributed by atoms with E-state index in [4.69, 9.17) is 5.11 Å². The first-order valence-electron chi connectivity index (χ1n) is 14.5. The predicted octanol–water partition coefficient (Wildman–Crippen LogP) is 5.85. The van der Waals surface area contributed by atoms with E-state index in [1.54, 1.807) is 13.0 Å². The first kappa shape index (κ1) is 28.8. The summed E-state index contributed by atoms with van der Waals surface area (Å²) < 4.78 is 0. The van der Waals surface area contributed by atoms with E-state index in [9.17, 15) is 19.8 Å². The minimum absolute atomic E-state index is 0.178. The summed E-state index contributed by atoms with van der Waals surface area (Å²) in [4.78, 5) is 24.0. The number of phenols is 2. The second kappa shape index (κ2) is 11.1. The van der Waals surface area contributed by atoms with Crippen molar-refractivity contribution in [2.75, 3.05) is 6.54 Å². The standard InChI is InChI=1S/C21H30O2.C11H17NO3/c1-13(22)17-6-7-18-16-5-4-14-12-15(23)8-10-20(14,2)19(16)9-11-21(17,18)3;1-7(2)12-6-11(15)8-3-4-9(13)10(14)5-8/h12,16-19H,4-11H2,1-3H3;3-5,7,11-15H,6H2,1-2H3/t16-,17+,18-,19-,20-,21+;/m0./s1. The van der Waals surface area contributed by atoms with E-state index >= 15 is 0 Å². The molecular formula is C32H47NO5. The van der Waals surface area contributed by atoms with E-state index < -0.39 is 6.10 Å². The zero-order valence-corrected chi connectivity index (χ0v) is 23.8. The van der Waals surface area contributed by atoms with Crippen molar-refractivity contribution >= 4 is 11.6 Å². The van der Waals surface area contributed by atoms with Gasteiger partial charge in [-0.25, -0.2) is 0 Å². The number of Topliss-reactive ketones (excluding diaryl/α,β-unsaturated/α-hetero) is 1. The molecule has 0 aliphatic heterocycles. The molecule has 6 heteroatoms. The third-order valence-corrected chi connectivity index (χ3v) is 10.6. The van der Waals surface area contributed by atoms with Gasteiger partial charge in [-0.1, -0.05) is 39.3 Å². The van der Waals surface area contributed by atoms with Crippen LogP contribution in [0.4, 0.5) is 0 Å². The van der Waals surface area contributed by atoms with Crippen LogP contribution in [0.3, 0.4) is 0 Å². The molecule has 0 radical (unpaired) electrons. The molecule has 210 valence electrons. The number of aliphatic hydroxyl groups excluding tert-OH is 1. The molecule has 4 N–H and O–H groups in total. The van der Waals surface area contributed by atoms with Gasteiger partial charge in [0.15, 0.2) is 17.3 Å². The second-order valence-corrected chi connectivity index (χ2v) is 13.1. The lowest BCUT2D eigenvalue weighted by atomic mass is 9.47. The number of benzene rings is 1.